The highest BCUT2D eigenvalue weighted by molar-refractivity contribution is 5.81. The Kier molecular flexibility index (Phi) is 3.97. The molecule has 0 heterocycles. The van der Waals surface area contributed by atoms with Crippen molar-refractivity contribution in [3.63, 3.8) is 0 Å². The molecule has 4 nitrogen and oxygen atoms in total. The summed E-state index contributed by atoms with van der Waals surface area (Å²) in [5, 5.41) is 15.9. The first-order chi connectivity index (χ1) is 7.22. The molecule has 0 aromatic heterocycles. The van der Waals surface area contributed by atoms with Gasteiger partial charge in [-0.25, -0.2) is 0 Å². The van der Waals surface area contributed by atoms with Gasteiger partial charge in [-0.15, -0.1) is 0 Å². The van der Waals surface area contributed by atoms with Crippen LogP contribution in [0.15, 0.2) is 0 Å². The van der Waals surface area contributed by atoms with Crippen LogP contribution in [0.2, 0.25) is 0 Å². The monoisotopic (exact) mass is 228 g/mol. The highest BCUT2D eigenvalue weighted by atomic mass is 16.3. The summed E-state index contributed by atoms with van der Waals surface area (Å²) in [7, 11) is 0. The Labute approximate surface area is 97.8 Å². The number of carbonyl (C=O) groups is 1. The molecular weight excluding hydrogens is 204 g/mol. The first-order valence-electron chi connectivity index (χ1n) is 6.00. The maximum absolute atomic E-state index is 11.7. The topological polar surface area (TPSA) is 61.4 Å². The van der Waals surface area contributed by atoms with Crippen molar-refractivity contribution in [1.82, 2.24) is 10.6 Å². The summed E-state index contributed by atoms with van der Waals surface area (Å²) >= 11 is 0. The van der Waals surface area contributed by atoms with Crippen molar-refractivity contribution in [2.45, 2.75) is 64.1 Å². The van der Waals surface area contributed by atoms with Gasteiger partial charge in [0.25, 0.3) is 0 Å². The summed E-state index contributed by atoms with van der Waals surface area (Å²) in [6, 6.07) is -0.260. The molecule has 4 heteroatoms. The number of carbonyl (C=O) groups excluding carboxylic acids is 1. The van der Waals surface area contributed by atoms with E-state index in [-0.39, 0.29) is 17.5 Å². The second kappa shape index (κ2) is 4.72. The van der Waals surface area contributed by atoms with Crippen molar-refractivity contribution >= 4 is 5.91 Å². The van der Waals surface area contributed by atoms with Gasteiger partial charge in [0.15, 0.2) is 0 Å². The standard InChI is InChI=1S/C12H24N2O2/c1-9(10(15)14-11(2,3)4)13-8-12(16)6-5-7-12/h9,13,16H,5-8H2,1-4H3,(H,14,15). The summed E-state index contributed by atoms with van der Waals surface area (Å²) in [5.74, 6) is -0.0181. The van der Waals surface area contributed by atoms with E-state index in [1.807, 2.05) is 27.7 Å². The molecule has 0 aromatic carbocycles. The third-order valence-electron chi connectivity index (χ3n) is 2.91. The van der Waals surface area contributed by atoms with E-state index in [0.29, 0.717) is 6.54 Å². The maximum atomic E-state index is 11.7. The molecule has 0 bridgehead atoms. The Morgan fingerprint density at radius 1 is 1.44 bits per heavy atom. The Bertz CT molecular complexity index is 254. The van der Waals surface area contributed by atoms with Crippen molar-refractivity contribution in [1.29, 1.82) is 0 Å². The van der Waals surface area contributed by atoms with E-state index in [0.717, 1.165) is 19.3 Å². The quantitative estimate of drug-likeness (QED) is 0.667. The van der Waals surface area contributed by atoms with E-state index < -0.39 is 5.60 Å². The Balaban J connectivity index is 2.29. The molecule has 1 unspecified atom stereocenters. The third-order valence-corrected chi connectivity index (χ3v) is 2.91. The van der Waals surface area contributed by atoms with Crippen LogP contribution in [-0.4, -0.2) is 34.7 Å². The lowest BCUT2D eigenvalue weighted by Gasteiger charge is -2.37. The minimum atomic E-state index is -0.573. The molecule has 1 amide bonds. The lowest BCUT2D eigenvalue weighted by Crippen LogP contribution is -2.54. The first-order valence-corrected chi connectivity index (χ1v) is 6.00. The van der Waals surface area contributed by atoms with Gasteiger partial charge in [-0.2, -0.15) is 0 Å². The van der Waals surface area contributed by atoms with E-state index in [1.165, 1.54) is 0 Å². The molecule has 1 rings (SSSR count). The van der Waals surface area contributed by atoms with Crippen molar-refractivity contribution in [2.24, 2.45) is 0 Å². The van der Waals surface area contributed by atoms with Crippen LogP contribution in [0.5, 0.6) is 0 Å². The molecular formula is C12H24N2O2. The predicted octanol–water partition coefficient (Wildman–Crippen LogP) is 0.794. The zero-order valence-corrected chi connectivity index (χ0v) is 10.8. The van der Waals surface area contributed by atoms with Crippen molar-refractivity contribution < 1.29 is 9.90 Å². The fourth-order valence-electron chi connectivity index (χ4n) is 1.68. The molecule has 1 fully saturated rings. The highest BCUT2D eigenvalue weighted by Crippen LogP contribution is 2.30. The fraction of sp³-hybridized carbons (Fsp3) is 0.917. The normalized spacial score (nSPS) is 21.1. The van der Waals surface area contributed by atoms with Crippen LogP contribution in [-0.2, 0) is 4.79 Å². The summed E-state index contributed by atoms with van der Waals surface area (Å²) in [6.45, 7) is 8.19. The number of aliphatic hydroxyl groups is 1. The molecule has 0 spiro atoms. The molecule has 3 N–H and O–H groups in total. The Morgan fingerprint density at radius 3 is 2.38 bits per heavy atom. The molecule has 1 atom stereocenters. The second-order valence-electron chi connectivity index (χ2n) is 5.92. The highest BCUT2D eigenvalue weighted by Gasteiger charge is 2.34. The van der Waals surface area contributed by atoms with Crippen molar-refractivity contribution in [2.75, 3.05) is 6.54 Å². The molecule has 1 saturated carbocycles. The van der Waals surface area contributed by atoms with Crippen LogP contribution < -0.4 is 10.6 Å². The summed E-state index contributed by atoms with van der Waals surface area (Å²) < 4.78 is 0. The van der Waals surface area contributed by atoms with Crippen molar-refractivity contribution in [3.05, 3.63) is 0 Å². The van der Waals surface area contributed by atoms with E-state index in [4.69, 9.17) is 0 Å². The predicted molar refractivity (Wildman–Crippen MR) is 64.2 cm³/mol. The maximum Gasteiger partial charge on any atom is 0.237 e. The fourth-order valence-corrected chi connectivity index (χ4v) is 1.68. The van der Waals surface area contributed by atoms with Crippen LogP contribution in [0.3, 0.4) is 0 Å². The molecule has 94 valence electrons. The van der Waals surface area contributed by atoms with Gasteiger partial charge in [-0.05, 0) is 47.0 Å². The molecule has 0 radical (unpaired) electrons. The zero-order valence-electron chi connectivity index (χ0n) is 10.8. The molecule has 0 aliphatic heterocycles. The van der Waals surface area contributed by atoms with Crippen molar-refractivity contribution in [3.8, 4) is 0 Å². The average Bonchev–Trinajstić information content (AvgIpc) is 2.08. The van der Waals surface area contributed by atoms with Gasteiger partial charge in [0, 0.05) is 12.1 Å². The lowest BCUT2D eigenvalue weighted by molar-refractivity contribution is -0.124. The number of nitrogens with one attached hydrogen (secondary N) is 2. The number of hydrogen-bond donors (Lipinski definition) is 3. The molecule has 16 heavy (non-hydrogen) atoms. The lowest BCUT2D eigenvalue weighted by atomic mass is 9.80. The van der Waals surface area contributed by atoms with Gasteiger partial charge < -0.3 is 15.7 Å². The third kappa shape index (κ3) is 4.10. The number of amides is 1. The van der Waals surface area contributed by atoms with Gasteiger partial charge in [0.1, 0.15) is 0 Å². The molecule has 0 aromatic rings. The largest absolute Gasteiger partial charge is 0.389 e. The van der Waals surface area contributed by atoms with Crippen LogP contribution in [0.1, 0.15) is 47.0 Å². The van der Waals surface area contributed by atoms with Crippen LogP contribution >= 0.6 is 0 Å². The number of rotatable bonds is 4. The smallest absolute Gasteiger partial charge is 0.237 e. The Morgan fingerprint density at radius 2 is 2.00 bits per heavy atom. The first kappa shape index (κ1) is 13.5. The summed E-state index contributed by atoms with van der Waals surface area (Å²) in [5.41, 5.74) is -0.781. The van der Waals surface area contributed by atoms with Gasteiger partial charge in [0.2, 0.25) is 5.91 Å². The summed E-state index contributed by atoms with van der Waals surface area (Å²) in [6.07, 6.45) is 2.77. The van der Waals surface area contributed by atoms with Gasteiger partial charge in [0.05, 0.1) is 11.6 Å². The van der Waals surface area contributed by atoms with E-state index in [9.17, 15) is 9.90 Å². The average molecular weight is 228 g/mol. The van der Waals surface area contributed by atoms with Gasteiger partial charge in [-0.1, -0.05) is 0 Å². The zero-order chi connectivity index (χ0) is 12.4. The minimum Gasteiger partial charge on any atom is -0.389 e. The Hall–Kier alpha value is -0.610. The van der Waals surface area contributed by atoms with Gasteiger partial charge in [-0.3, -0.25) is 4.79 Å². The minimum absolute atomic E-state index is 0.0181. The molecule has 0 saturated heterocycles. The van der Waals surface area contributed by atoms with Gasteiger partial charge >= 0.3 is 0 Å². The van der Waals surface area contributed by atoms with Crippen LogP contribution in [0.4, 0.5) is 0 Å². The SMILES string of the molecule is CC(NCC1(O)CCC1)C(=O)NC(C)(C)C. The van der Waals surface area contributed by atoms with E-state index in [2.05, 4.69) is 10.6 Å². The van der Waals surface area contributed by atoms with E-state index in [1.54, 1.807) is 0 Å². The second-order valence-corrected chi connectivity index (χ2v) is 5.92. The van der Waals surface area contributed by atoms with Crippen LogP contribution in [0.25, 0.3) is 0 Å². The molecule has 1 aliphatic rings. The molecule has 1 aliphatic carbocycles. The number of hydrogen-bond acceptors (Lipinski definition) is 3. The van der Waals surface area contributed by atoms with Crippen LogP contribution in [0, 0.1) is 0 Å². The van der Waals surface area contributed by atoms with E-state index >= 15 is 0 Å². The summed E-state index contributed by atoms with van der Waals surface area (Å²) in [4.78, 5) is 11.7.